The number of nitrogens with zero attached hydrogens (tertiary/aromatic N) is 1. The first kappa shape index (κ1) is 17.9. The number of benzene rings is 2. The van der Waals surface area contributed by atoms with Crippen LogP contribution in [0.25, 0.3) is 0 Å². The number of nitrogens with one attached hydrogen (secondary N) is 1. The van der Waals surface area contributed by atoms with Gasteiger partial charge in [-0.2, -0.15) is 0 Å². The Morgan fingerprint density at radius 3 is 1.96 bits per heavy atom. The first-order chi connectivity index (χ1) is 12.2. The van der Waals surface area contributed by atoms with Gasteiger partial charge in [-0.1, -0.05) is 51.1 Å². The first-order valence-electron chi connectivity index (χ1n) is 8.59. The molecular formula is C21H22N2O3. The van der Waals surface area contributed by atoms with Crippen LogP contribution in [0.4, 0.5) is 5.69 Å². The van der Waals surface area contributed by atoms with E-state index in [1.54, 1.807) is 31.2 Å². The molecular weight excluding hydrogens is 328 g/mol. The highest BCUT2D eigenvalue weighted by Crippen LogP contribution is 2.30. The van der Waals surface area contributed by atoms with Gasteiger partial charge in [0.15, 0.2) is 0 Å². The third kappa shape index (κ3) is 3.01. The van der Waals surface area contributed by atoms with E-state index in [9.17, 15) is 14.4 Å². The van der Waals surface area contributed by atoms with Crippen molar-refractivity contribution >= 4 is 23.4 Å². The van der Waals surface area contributed by atoms with Gasteiger partial charge in [0.05, 0.1) is 11.1 Å². The quantitative estimate of drug-likeness (QED) is 0.860. The number of imide groups is 1. The van der Waals surface area contributed by atoms with Crippen LogP contribution in [-0.4, -0.2) is 28.7 Å². The fourth-order valence-corrected chi connectivity index (χ4v) is 3.16. The van der Waals surface area contributed by atoms with E-state index in [0.717, 1.165) is 10.5 Å². The van der Waals surface area contributed by atoms with E-state index in [0.29, 0.717) is 16.8 Å². The molecule has 26 heavy (non-hydrogen) atoms. The molecule has 2 aromatic carbocycles. The topological polar surface area (TPSA) is 66.5 Å². The Kier molecular flexibility index (Phi) is 4.40. The van der Waals surface area contributed by atoms with Gasteiger partial charge in [0, 0.05) is 5.69 Å². The molecule has 5 heteroatoms. The molecule has 0 radical (unpaired) electrons. The Bertz CT molecular complexity index is 861. The zero-order chi connectivity index (χ0) is 19.1. The number of para-hydroxylation sites is 1. The Morgan fingerprint density at radius 1 is 0.923 bits per heavy atom. The summed E-state index contributed by atoms with van der Waals surface area (Å²) in [6, 6.07) is 13.3. The number of carbonyl (C=O) groups is 3. The van der Waals surface area contributed by atoms with E-state index in [4.69, 9.17) is 0 Å². The van der Waals surface area contributed by atoms with Crippen LogP contribution in [0.2, 0.25) is 0 Å². The Balaban J connectivity index is 1.85. The lowest BCUT2D eigenvalue weighted by molar-refractivity contribution is -0.119. The molecule has 5 nitrogen and oxygen atoms in total. The highest BCUT2D eigenvalue weighted by molar-refractivity contribution is 6.23. The minimum absolute atomic E-state index is 0.150. The smallest absolute Gasteiger partial charge is 0.262 e. The fourth-order valence-electron chi connectivity index (χ4n) is 3.16. The molecule has 3 amide bonds. The van der Waals surface area contributed by atoms with E-state index in [1.807, 2.05) is 24.3 Å². The summed E-state index contributed by atoms with van der Waals surface area (Å²) in [6.45, 7) is 7.75. The zero-order valence-corrected chi connectivity index (χ0v) is 15.4. The number of carbonyl (C=O) groups excluding carboxylic acids is 3. The minimum Gasteiger partial charge on any atom is -0.324 e. The summed E-state index contributed by atoms with van der Waals surface area (Å²) in [5.74, 6) is -1.26. The molecule has 1 N–H and O–H groups in total. The number of rotatable bonds is 3. The van der Waals surface area contributed by atoms with Gasteiger partial charge in [0.2, 0.25) is 5.91 Å². The first-order valence-corrected chi connectivity index (χ1v) is 8.59. The molecule has 0 bridgehead atoms. The molecule has 1 aliphatic rings. The van der Waals surface area contributed by atoms with Crippen LogP contribution in [0.15, 0.2) is 48.5 Å². The second-order valence-corrected chi connectivity index (χ2v) is 7.49. The van der Waals surface area contributed by atoms with Crippen LogP contribution >= 0.6 is 0 Å². The summed E-state index contributed by atoms with van der Waals surface area (Å²) in [5, 5.41) is 2.88. The highest BCUT2D eigenvalue weighted by Gasteiger charge is 2.40. The molecule has 1 heterocycles. The Morgan fingerprint density at radius 2 is 1.42 bits per heavy atom. The van der Waals surface area contributed by atoms with Gasteiger partial charge in [-0.3, -0.25) is 19.3 Å². The standard InChI is InChI=1S/C21H22N2O3/c1-13(23-19(25)14-9-5-6-10-15(14)20(23)26)18(24)22-17-12-8-7-11-16(17)21(2,3)4/h5-13H,1-4H3,(H,22,24). The number of fused-ring (bicyclic) bond motifs is 1. The van der Waals surface area contributed by atoms with Crippen molar-refractivity contribution in [2.75, 3.05) is 5.32 Å². The predicted molar refractivity (Wildman–Crippen MR) is 100 cm³/mol. The lowest BCUT2D eigenvalue weighted by Crippen LogP contribution is -2.45. The molecule has 3 rings (SSSR count). The van der Waals surface area contributed by atoms with Gasteiger partial charge in [0.1, 0.15) is 6.04 Å². The summed E-state index contributed by atoms with van der Waals surface area (Å²) < 4.78 is 0. The summed E-state index contributed by atoms with van der Waals surface area (Å²) in [7, 11) is 0. The molecule has 0 fully saturated rings. The molecule has 1 atom stereocenters. The SMILES string of the molecule is CC(C(=O)Nc1ccccc1C(C)(C)C)N1C(=O)c2ccccc2C1=O. The van der Waals surface area contributed by atoms with Crippen molar-refractivity contribution in [1.82, 2.24) is 4.90 Å². The van der Waals surface area contributed by atoms with E-state index < -0.39 is 23.8 Å². The van der Waals surface area contributed by atoms with Gasteiger partial charge in [-0.25, -0.2) is 0 Å². The second kappa shape index (κ2) is 6.41. The monoisotopic (exact) mass is 350 g/mol. The average molecular weight is 350 g/mol. The van der Waals surface area contributed by atoms with E-state index in [2.05, 4.69) is 26.1 Å². The van der Waals surface area contributed by atoms with E-state index in [-0.39, 0.29) is 5.41 Å². The van der Waals surface area contributed by atoms with E-state index >= 15 is 0 Å². The van der Waals surface area contributed by atoms with Crippen molar-refractivity contribution in [2.24, 2.45) is 0 Å². The van der Waals surface area contributed by atoms with Crippen molar-refractivity contribution in [3.63, 3.8) is 0 Å². The van der Waals surface area contributed by atoms with Gasteiger partial charge >= 0.3 is 0 Å². The van der Waals surface area contributed by atoms with Gasteiger partial charge in [-0.05, 0) is 36.1 Å². The van der Waals surface area contributed by atoms with Crippen molar-refractivity contribution in [3.8, 4) is 0 Å². The van der Waals surface area contributed by atoms with Crippen LogP contribution in [0, 0.1) is 0 Å². The van der Waals surface area contributed by atoms with Crippen molar-refractivity contribution in [3.05, 3.63) is 65.2 Å². The number of hydrogen-bond acceptors (Lipinski definition) is 3. The number of hydrogen-bond donors (Lipinski definition) is 1. The maximum absolute atomic E-state index is 12.8. The average Bonchev–Trinajstić information content (AvgIpc) is 2.85. The van der Waals surface area contributed by atoms with Crippen LogP contribution in [0.5, 0.6) is 0 Å². The highest BCUT2D eigenvalue weighted by atomic mass is 16.2. The third-order valence-corrected chi connectivity index (χ3v) is 4.59. The number of anilines is 1. The molecule has 0 aliphatic carbocycles. The van der Waals surface area contributed by atoms with Crippen LogP contribution in [-0.2, 0) is 10.2 Å². The maximum Gasteiger partial charge on any atom is 0.262 e. The molecule has 0 spiro atoms. The molecule has 1 aliphatic heterocycles. The van der Waals surface area contributed by atoms with Crippen LogP contribution in [0.3, 0.4) is 0 Å². The van der Waals surface area contributed by atoms with Crippen LogP contribution in [0.1, 0.15) is 54.0 Å². The largest absolute Gasteiger partial charge is 0.324 e. The lowest BCUT2D eigenvalue weighted by Gasteiger charge is -2.25. The zero-order valence-electron chi connectivity index (χ0n) is 15.4. The molecule has 1 unspecified atom stereocenters. The summed E-state index contributed by atoms with van der Waals surface area (Å²) >= 11 is 0. The maximum atomic E-state index is 12.8. The van der Waals surface area contributed by atoms with Crippen LogP contribution < -0.4 is 5.32 Å². The summed E-state index contributed by atoms with van der Waals surface area (Å²) in [6.07, 6.45) is 0. The summed E-state index contributed by atoms with van der Waals surface area (Å²) in [5.41, 5.74) is 2.21. The van der Waals surface area contributed by atoms with Crippen molar-refractivity contribution < 1.29 is 14.4 Å². The molecule has 0 saturated heterocycles. The lowest BCUT2D eigenvalue weighted by atomic mass is 9.86. The Labute approximate surface area is 153 Å². The Hall–Kier alpha value is -2.95. The van der Waals surface area contributed by atoms with Gasteiger partial charge in [-0.15, -0.1) is 0 Å². The molecule has 2 aromatic rings. The minimum atomic E-state index is -0.907. The molecule has 0 saturated carbocycles. The number of amides is 3. The fraction of sp³-hybridized carbons (Fsp3) is 0.286. The van der Waals surface area contributed by atoms with Crippen molar-refractivity contribution in [1.29, 1.82) is 0 Å². The molecule has 0 aromatic heterocycles. The van der Waals surface area contributed by atoms with Crippen molar-refractivity contribution in [2.45, 2.75) is 39.2 Å². The van der Waals surface area contributed by atoms with E-state index in [1.165, 1.54) is 0 Å². The third-order valence-electron chi connectivity index (χ3n) is 4.59. The normalized spacial score (nSPS) is 15.0. The van der Waals surface area contributed by atoms with Gasteiger partial charge < -0.3 is 5.32 Å². The molecule has 134 valence electrons. The predicted octanol–water partition coefficient (Wildman–Crippen LogP) is 3.61. The second-order valence-electron chi connectivity index (χ2n) is 7.49. The van der Waals surface area contributed by atoms with Gasteiger partial charge in [0.25, 0.3) is 11.8 Å². The summed E-state index contributed by atoms with van der Waals surface area (Å²) in [4.78, 5) is 38.9.